The van der Waals surface area contributed by atoms with Gasteiger partial charge in [-0.3, -0.25) is 10.4 Å². The molecule has 0 heterocycles. The monoisotopic (exact) mass is 238 g/mol. The van der Waals surface area contributed by atoms with Gasteiger partial charge in [0.15, 0.2) is 0 Å². The molecule has 17 heavy (non-hydrogen) atoms. The molecule has 1 aromatic rings. The standard InChI is InChI=1S/C12H19FN4/c1-3-15-12(17-14)16-7-6-10-4-5-11(13)8-9(10)2/h4-5,8H,3,6-7,14H2,1-2H3,(H2,15,16,17). The minimum absolute atomic E-state index is 0.202. The molecule has 0 aromatic heterocycles. The Morgan fingerprint density at radius 1 is 1.47 bits per heavy atom. The minimum atomic E-state index is -0.202. The SMILES string of the molecule is CCNC(=NCCc1ccc(F)cc1C)NN. The molecule has 0 bridgehead atoms. The molecule has 1 aromatic carbocycles. The molecule has 0 amide bonds. The highest BCUT2D eigenvalue weighted by molar-refractivity contribution is 5.79. The first-order valence-corrected chi connectivity index (χ1v) is 5.67. The van der Waals surface area contributed by atoms with Crippen LogP contribution in [0.25, 0.3) is 0 Å². The van der Waals surface area contributed by atoms with Gasteiger partial charge in [0.2, 0.25) is 5.96 Å². The smallest absolute Gasteiger partial charge is 0.205 e. The summed E-state index contributed by atoms with van der Waals surface area (Å²) >= 11 is 0. The van der Waals surface area contributed by atoms with Gasteiger partial charge in [0, 0.05) is 13.1 Å². The van der Waals surface area contributed by atoms with E-state index in [-0.39, 0.29) is 5.82 Å². The average Bonchev–Trinajstić information content (AvgIpc) is 2.30. The van der Waals surface area contributed by atoms with Gasteiger partial charge in [0.1, 0.15) is 5.82 Å². The van der Waals surface area contributed by atoms with Gasteiger partial charge >= 0.3 is 0 Å². The fourth-order valence-electron chi connectivity index (χ4n) is 1.55. The van der Waals surface area contributed by atoms with Crippen LogP contribution in [0.3, 0.4) is 0 Å². The molecule has 0 aliphatic carbocycles. The van der Waals surface area contributed by atoms with Crippen LogP contribution >= 0.6 is 0 Å². The molecule has 94 valence electrons. The predicted molar refractivity (Wildman–Crippen MR) is 68.1 cm³/mol. The molecule has 5 heteroatoms. The first kappa shape index (κ1) is 13.4. The van der Waals surface area contributed by atoms with Crippen LogP contribution in [0, 0.1) is 12.7 Å². The summed E-state index contributed by atoms with van der Waals surface area (Å²) in [5.41, 5.74) is 4.54. The average molecular weight is 238 g/mol. The van der Waals surface area contributed by atoms with Gasteiger partial charge in [0.05, 0.1) is 0 Å². The molecule has 0 fully saturated rings. The maximum atomic E-state index is 12.9. The summed E-state index contributed by atoms with van der Waals surface area (Å²) in [7, 11) is 0. The second-order valence-corrected chi connectivity index (χ2v) is 3.73. The number of halogens is 1. The van der Waals surface area contributed by atoms with Crippen LogP contribution in [-0.4, -0.2) is 19.0 Å². The third kappa shape index (κ3) is 4.40. The van der Waals surface area contributed by atoms with Crippen molar-refractivity contribution in [1.82, 2.24) is 10.7 Å². The van der Waals surface area contributed by atoms with E-state index in [1.807, 2.05) is 13.8 Å². The summed E-state index contributed by atoms with van der Waals surface area (Å²) in [5.74, 6) is 5.67. The summed E-state index contributed by atoms with van der Waals surface area (Å²) in [6.45, 7) is 5.24. The van der Waals surface area contributed by atoms with Crippen LogP contribution in [0.15, 0.2) is 23.2 Å². The fourth-order valence-corrected chi connectivity index (χ4v) is 1.55. The highest BCUT2D eigenvalue weighted by atomic mass is 19.1. The first-order chi connectivity index (χ1) is 8.17. The third-order valence-corrected chi connectivity index (χ3v) is 2.44. The van der Waals surface area contributed by atoms with Crippen molar-refractivity contribution in [1.29, 1.82) is 0 Å². The van der Waals surface area contributed by atoms with Crippen molar-refractivity contribution < 1.29 is 4.39 Å². The zero-order valence-electron chi connectivity index (χ0n) is 10.3. The highest BCUT2D eigenvalue weighted by Crippen LogP contribution is 2.10. The lowest BCUT2D eigenvalue weighted by Gasteiger charge is -2.07. The van der Waals surface area contributed by atoms with E-state index in [0.717, 1.165) is 24.1 Å². The van der Waals surface area contributed by atoms with Crippen LogP contribution in [0.4, 0.5) is 4.39 Å². The van der Waals surface area contributed by atoms with Crippen molar-refractivity contribution in [2.45, 2.75) is 20.3 Å². The molecule has 0 saturated carbocycles. The molecule has 0 aliphatic rings. The minimum Gasteiger partial charge on any atom is -0.356 e. The van der Waals surface area contributed by atoms with E-state index < -0.39 is 0 Å². The van der Waals surface area contributed by atoms with E-state index in [0.29, 0.717) is 12.5 Å². The number of hydrazine groups is 1. The summed E-state index contributed by atoms with van der Waals surface area (Å²) in [4.78, 5) is 4.27. The Balaban J connectivity index is 2.55. The number of aliphatic imine (C=N–C) groups is 1. The number of guanidine groups is 1. The normalized spacial score (nSPS) is 11.4. The van der Waals surface area contributed by atoms with Crippen LogP contribution in [0.2, 0.25) is 0 Å². The van der Waals surface area contributed by atoms with E-state index in [9.17, 15) is 4.39 Å². The number of rotatable bonds is 4. The second kappa shape index (κ2) is 6.85. The zero-order valence-corrected chi connectivity index (χ0v) is 10.3. The topological polar surface area (TPSA) is 62.4 Å². The Bertz CT molecular complexity index is 390. The van der Waals surface area contributed by atoms with E-state index in [1.54, 1.807) is 6.07 Å². The maximum Gasteiger partial charge on any atom is 0.205 e. The fraction of sp³-hybridized carbons (Fsp3) is 0.417. The summed E-state index contributed by atoms with van der Waals surface area (Å²) < 4.78 is 12.9. The summed E-state index contributed by atoms with van der Waals surface area (Å²) in [6.07, 6.45) is 0.767. The van der Waals surface area contributed by atoms with E-state index in [1.165, 1.54) is 12.1 Å². The van der Waals surface area contributed by atoms with Gasteiger partial charge in [0.25, 0.3) is 0 Å². The van der Waals surface area contributed by atoms with Crippen LogP contribution in [0.1, 0.15) is 18.1 Å². The highest BCUT2D eigenvalue weighted by Gasteiger charge is 2.00. The van der Waals surface area contributed by atoms with Crippen LogP contribution in [-0.2, 0) is 6.42 Å². The number of aryl methyl sites for hydroxylation is 1. The molecule has 4 N–H and O–H groups in total. The van der Waals surface area contributed by atoms with Crippen molar-refractivity contribution in [2.75, 3.05) is 13.1 Å². The summed E-state index contributed by atoms with van der Waals surface area (Å²) in [5, 5.41) is 3.00. The zero-order chi connectivity index (χ0) is 12.7. The molecular weight excluding hydrogens is 219 g/mol. The lowest BCUT2D eigenvalue weighted by molar-refractivity contribution is 0.625. The van der Waals surface area contributed by atoms with Gasteiger partial charge < -0.3 is 5.32 Å². The molecule has 0 atom stereocenters. The first-order valence-electron chi connectivity index (χ1n) is 5.67. The quantitative estimate of drug-likeness (QED) is 0.319. The molecule has 4 nitrogen and oxygen atoms in total. The van der Waals surface area contributed by atoms with Crippen LogP contribution < -0.4 is 16.6 Å². The van der Waals surface area contributed by atoms with Gasteiger partial charge in [-0.2, -0.15) is 0 Å². The third-order valence-electron chi connectivity index (χ3n) is 2.44. The van der Waals surface area contributed by atoms with Crippen LogP contribution in [0.5, 0.6) is 0 Å². The van der Waals surface area contributed by atoms with Gasteiger partial charge in [-0.05, 0) is 43.5 Å². The number of hydrogen-bond acceptors (Lipinski definition) is 2. The van der Waals surface area contributed by atoms with Crippen molar-refractivity contribution in [3.8, 4) is 0 Å². The number of nitrogens with two attached hydrogens (primary N) is 1. The molecule has 0 aliphatic heterocycles. The molecule has 0 radical (unpaired) electrons. The Labute approximate surface area is 101 Å². The molecule has 1 rings (SSSR count). The second-order valence-electron chi connectivity index (χ2n) is 3.73. The Hall–Kier alpha value is -1.62. The van der Waals surface area contributed by atoms with Gasteiger partial charge in [-0.15, -0.1) is 0 Å². The van der Waals surface area contributed by atoms with E-state index in [4.69, 9.17) is 5.84 Å². The van der Waals surface area contributed by atoms with Gasteiger partial charge in [-0.1, -0.05) is 6.07 Å². The molecule has 0 spiro atoms. The maximum absolute atomic E-state index is 12.9. The molecule has 0 unspecified atom stereocenters. The Morgan fingerprint density at radius 2 is 2.24 bits per heavy atom. The molecular formula is C12H19FN4. The van der Waals surface area contributed by atoms with Gasteiger partial charge in [-0.25, -0.2) is 10.2 Å². The predicted octanol–water partition coefficient (Wildman–Crippen LogP) is 1.11. The number of nitrogens with one attached hydrogen (secondary N) is 2. The lowest BCUT2D eigenvalue weighted by Crippen LogP contribution is -2.41. The number of hydrogen-bond donors (Lipinski definition) is 3. The Morgan fingerprint density at radius 3 is 2.82 bits per heavy atom. The van der Waals surface area contributed by atoms with E-state index >= 15 is 0 Å². The largest absolute Gasteiger partial charge is 0.356 e. The van der Waals surface area contributed by atoms with Crippen molar-refractivity contribution in [2.24, 2.45) is 10.8 Å². The van der Waals surface area contributed by atoms with E-state index in [2.05, 4.69) is 15.7 Å². The van der Waals surface area contributed by atoms with Crippen molar-refractivity contribution in [3.05, 3.63) is 35.1 Å². The van der Waals surface area contributed by atoms with Crippen molar-refractivity contribution in [3.63, 3.8) is 0 Å². The van der Waals surface area contributed by atoms with Crippen molar-refractivity contribution >= 4 is 5.96 Å². The molecule has 0 saturated heterocycles. The summed E-state index contributed by atoms with van der Waals surface area (Å²) in [6, 6.07) is 4.80. The Kier molecular flexibility index (Phi) is 5.42. The number of benzene rings is 1. The lowest BCUT2D eigenvalue weighted by atomic mass is 10.1. The number of nitrogens with zero attached hydrogens (tertiary/aromatic N) is 1.